The van der Waals surface area contributed by atoms with Gasteiger partial charge in [0.05, 0.1) is 12.1 Å². The Morgan fingerprint density at radius 2 is 1.84 bits per heavy atom. The van der Waals surface area contributed by atoms with E-state index in [0.29, 0.717) is 0 Å². The third-order valence-corrected chi connectivity index (χ3v) is 2.93. The maximum absolute atomic E-state index is 5.87. The Kier molecular flexibility index (Phi) is 4.27. The van der Waals surface area contributed by atoms with Crippen molar-refractivity contribution in [2.75, 3.05) is 7.05 Å². The van der Waals surface area contributed by atoms with Crippen LogP contribution in [0.3, 0.4) is 0 Å². The van der Waals surface area contributed by atoms with E-state index in [1.54, 1.807) is 0 Å². The summed E-state index contributed by atoms with van der Waals surface area (Å²) in [5.41, 5.74) is 1.09. The zero-order valence-corrected chi connectivity index (χ0v) is 11.9. The number of aryl methyl sites for hydroxylation is 1. The number of rotatable bonds is 5. The van der Waals surface area contributed by atoms with Gasteiger partial charge in [0.15, 0.2) is 0 Å². The van der Waals surface area contributed by atoms with Gasteiger partial charge in [-0.25, -0.2) is 0 Å². The average molecular weight is 259 g/mol. The SMILES string of the molecule is CNC(c1ccc(C)o1)c1ccccc1OC(C)C. The van der Waals surface area contributed by atoms with Crippen LogP contribution in [0.1, 0.15) is 37.0 Å². The molecule has 0 saturated heterocycles. The van der Waals surface area contributed by atoms with E-state index in [4.69, 9.17) is 9.15 Å². The molecule has 1 N–H and O–H groups in total. The standard InChI is InChI=1S/C16H21NO2/c1-11(2)18-14-8-6-5-7-13(14)16(17-4)15-10-9-12(3)19-15/h5-11,16-17H,1-4H3. The second kappa shape index (κ2) is 5.93. The molecule has 0 aliphatic carbocycles. The summed E-state index contributed by atoms with van der Waals surface area (Å²) in [5, 5.41) is 3.29. The maximum atomic E-state index is 5.87. The van der Waals surface area contributed by atoms with E-state index >= 15 is 0 Å². The van der Waals surface area contributed by atoms with Crippen LogP contribution in [-0.2, 0) is 0 Å². The molecular formula is C16H21NO2. The van der Waals surface area contributed by atoms with E-state index in [-0.39, 0.29) is 12.1 Å². The minimum absolute atomic E-state index is 0.00338. The quantitative estimate of drug-likeness (QED) is 0.889. The van der Waals surface area contributed by atoms with E-state index in [1.807, 2.05) is 58.2 Å². The summed E-state index contributed by atoms with van der Waals surface area (Å²) in [5.74, 6) is 2.71. The largest absolute Gasteiger partial charge is 0.491 e. The predicted molar refractivity (Wildman–Crippen MR) is 76.6 cm³/mol. The summed E-state index contributed by atoms with van der Waals surface area (Å²) in [6.07, 6.45) is 0.150. The average Bonchev–Trinajstić information content (AvgIpc) is 2.78. The van der Waals surface area contributed by atoms with Crippen molar-refractivity contribution >= 4 is 0 Å². The van der Waals surface area contributed by atoms with Crippen molar-refractivity contribution in [1.82, 2.24) is 5.32 Å². The monoisotopic (exact) mass is 259 g/mol. The van der Waals surface area contributed by atoms with Crippen molar-refractivity contribution < 1.29 is 9.15 Å². The van der Waals surface area contributed by atoms with Gasteiger partial charge < -0.3 is 14.5 Å². The summed E-state index contributed by atoms with van der Waals surface area (Å²) >= 11 is 0. The maximum Gasteiger partial charge on any atom is 0.125 e. The number of para-hydroxylation sites is 1. The van der Waals surface area contributed by atoms with Gasteiger partial charge in [-0.2, -0.15) is 0 Å². The van der Waals surface area contributed by atoms with Gasteiger partial charge in [-0.3, -0.25) is 0 Å². The molecule has 102 valence electrons. The Morgan fingerprint density at radius 3 is 2.42 bits per heavy atom. The summed E-state index contributed by atoms with van der Waals surface area (Å²) in [6, 6.07) is 12.0. The van der Waals surface area contributed by atoms with Crippen molar-refractivity contribution in [1.29, 1.82) is 0 Å². The zero-order valence-electron chi connectivity index (χ0n) is 11.9. The molecule has 0 aliphatic heterocycles. The van der Waals surface area contributed by atoms with Crippen molar-refractivity contribution in [2.24, 2.45) is 0 Å². The smallest absolute Gasteiger partial charge is 0.125 e. The molecule has 0 bridgehead atoms. The fraction of sp³-hybridized carbons (Fsp3) is 0.375. The van der Waals surface area contributed by atoms with Crippen LogP contribution in [0, 0.1) is 6.92 Å². The van der Waals surface area contributed by atoms with Crippen LogP contribution in [-0.4, -0.2) is 13.2 Å². The molecule has 0 spiro atoms. The van der Waals surface area contributed by atoms with E-state index in [9.17, 15) is 0 Å². The first-order valence-electron chi connectivity index (χ1n) is 6.61. The highest BCUT2D eigenvalue weighted by atomic mass is 16.5. The Labute approximate surface area is 114 Å². The lowest BCUT2D eigenvalue weighted by Gasteiger charge is -2.20. The first kappa shape index (κ1) is 13.7. The summed E-state index contributed by atoms with van der Waals surface area (Å²) in [7, 11) is 1.93. The van der Waals surface area contributed by atoms with E-state index in [1.165, 1.54) is 0 Å². The second-order valence-electron chi connectivity index (χ2n) is 4.87. The molecule has 1 unspecified atom stereocenters. The van der Waals surface area contributed by atoms with Gasteiger partial charge in [-0.15, -0.1) is 0 Å². The molecule has 19 heavy (non-hydrogen) atoms. The molecule has 0 fully saturated rings. The Morgan fingerprint density at radius 1 is 1.11 bits per heavy atom. The highest BCUT2D eigenvalue weighted by molar-refractivity contribution is 5.39. The Bertz CT molecular complexity index is 531. The predicted octanol–water partition coefficient (Wildman–Crippen LogP) is 3.68. The molecule has 0 amide bonds. The summed E-state index contributed by atoms with van der Waals surface area (Å²) < 4.78 is 11.6. The van der Waals surface area contributed by atoms with Gasteiger partial charge in [0.1, 0.15) is 17.3 Å². The van der Waals surface area contributed by atoms with E-state index in [2.05, 4.69) is 11.4 Å². The number of furan rings is 1. The van der Waals surface area contributed by atoms with Crippen LogP contribution >= 0.6 is 0 Å². The second-order valence-corrected chi connectivity index (χ2v) is 4.87. The third-order valence-electron chi connectivity index (χ3n) is 2.93. The van der Waals surface area contributed by atoms with Crippen molar-refractivity contribution in [3.05, 3.63) is 53.5 Å². The summed E-state index contributed by atoms with van der Waals surface area (Å²) in [4.78, 5) is 0. The van der Waals surface area contributed by atoms with Crippen LogP contribution in [0.25, 0.3) is 0 Å². The van der Waals surface area contributed by atoms with E-state index in [0.717, 1.165) is 22.8 Å². The van der Waals surface area contributed by atoms with Crippen LogP contribution in [0.2, 0.25) is 0 Å². The highest BCUT2D eigenvalue weighted by Gasteiger charge is 2.19. The van der Waals surface area contributed by atoms with Crippen LogP contribution < -0.4 is 10.1 Å². The van der Waals surface area contributed by atoms with Crippen molar-refractivity contribution in [3.63, 3.8) is 0 Å². The molecule has 2 rings (SSSR count). The van der Waals surface area contributed by atoms with Crippen molar-refractivity contribution in [3.8, 4) is 5.75 Å². The Hall–Kier alpha value is -1.74. The molecule has 3 nitrogen and oxygen atoms in total. The van der Waals surface area contributed by atoms with Crippen LogP contribution in [0.15, 0.2) is 40.8 Å². The van der Waals surface area contributed by atoms with Crippen LogP contribution in [0.5, 0.6) is 5.75 Å². The lowest BCUT2D eigenvalue weighted by molar-refractivity contribution is 0.238. The molecule has 0 radical (unpaired) electrons. The minimum atomic E-state index is 0.00338. The fourth-order valence-electron chi connectivity index (χ4n) is 2.14. The first-order chi connectivity index (χ1) is 9.11. The van der Waals surface area contributed by atoms with Gasteiger partial charge in [0.2, 0.25) is 0 Å². The number of nitrogens with one attached hydrogen (secondary N) is 1. The fourth-order valence-corrected chi connectivity index (χ4v) is 2.14. The molecule has 0 aliphatic rings. The molecule has 1 aromatic carbocycles. The number of benzene rings is 1. The molecule has 1 atom stereocenters. The number of hydrogen-bond donors (Lipinski definition) is 1. The minimum Gasteiger partial charge on any atom is -0.491 e. The van der Waals surface area contributed by atoms with Gasteiger partial charge in [-0.05, 0) is 46.0 Å². The number of ether oxygens (including phenoxy) is 1. The number of hydrogen-bond acceptors (Lipinski definition) is 3. The third kappa shape index (κ3) is 3.18. The van der Waals surface area contributed by atoms with Gasteiger partial charge >= 0.3 is 0 Å². The topological polar surface area (TPSA) is 34.4 Å². The molecule has 1 heterocycles. The normalized spacial score (nSPS) is 12.7. The first-order valence-corrected chi connectivity index (χ1v) is 6.61. The molecule has 3 heteroatoms. The van der Waals surface area contributed by atoms with Crippen LogP contribution in [0.4, 0.5) is 0 Å². The van der Waals surface area contributed by atoms with Gasteiger partial charge in [0.25, 0.3) is 0 Å². The van der Waals surface area contributed by atoms with Gasteiger partial charge in [-0.1, -0.05) is 18.2 Å². The lowest BCUT2D eigenvalue weighted by Crippen LogP contribution is -2.19. The molecular weight excluding hydrogens is 238 g/mol. The van der Waals surface area contributed by atoms with Gasteiger partial charge in [0, 0.05) is 5.56 Å². The summed E-state index contributed by atoms with van der Waals surface area (Å²) in [6.45, 7) is 6.01. The highest BCUT2D eigenvalue weighted by Crippen LogP contribution is 2.31. The molecule has 2 aromatic rings. The van der Waals surface area contributed by atoms with E-state index < -0.39 is 0 Å². The molecule has 1 aromatic heterocycles. The Balaban J connectivity index is 2.38. The zero-order chi connectivity index (χ0) is 13.8. The molecule has 0 saturated carbocycles. The van der Waals surface area contributed by atoms with Crippen molar-refractivity contribution in [2.45, 2.75) is 32.9 Å². The lowest BCUT2D eigenvalue weighted by atomic mass is 10.0.